The molecule has 0 aliphatic carbocycles. The van der Waals surface area contributed by atoms with Crippen molar-refractivity contribution in [3.05, 3.63) is 35.4 Å². The lowest BCUT2D eigenvalue weighted by molar-refractivity contribution is 0.0661. The molecule has 1 heterocycles. The van der Waals surface area contributed by atoms with E-state index in [-0.39, 0.29) is 23.1 Å². The van der Waals surface area contributed by atoms with Gasteiger partial charge in [0.1, 0.15) is 0 Å². The van der Waals surface area contributed by atoms with E-state index in [1.165, 1.54) is 12.1 Å². The van der Waals surface area contributed by atoms with Crippen LogP contribution in [0.2, 0.25) is 0 Å². The van der Waals surface area contributed by atoms with Gasteiger partial charge in [-0.2, -0.15) is 0 Å². The van der Waals surface area contributed by atoms with Crippen LogP contribution in [-0.4, -0.2) is 55.7 Å². The Hall–Kier alpha value is -1.93. The Labute approximate surface area is 129 Å². The molecule has 22 heavy (non-hydrogen) atoms. The third-order valence-electron chi connectivity index (χ3n) is 3.55. The van der Waals surface area contributed by atoms with Gasteiger partial charge in [-0.15, -0.1) is 0 Å². The van der Waals surface area contributed by atoms with Crippen molar-refractivity contribution in [1.82, 2.24) is 9.62 Å². The summed E-state index contributed by atoms with van der Waals surface area (Å²) in [5, 5.41) is 9.14. The van der Waals surface area contributed by atoms with Crippen LogP contribution in [0.4, 0.5) is 0 Å². The number of nitrogens with zero attached hydrogens (tertiary/aromatic N) is 1. The normalized spacial score (nSPS) is 16.5. The minimum absolute atomic E-state index is 0.0242. The second kappa shape index (κ2) is 6.45. The smallest absolute Gasteiger partial charge is 0.336 e. The van der Waals surface area contributed by atoms with Crippen molar-refractivity contribution in [3.63, 3.8) is 0 Å². The fraction of sp³-hybridized carbons (Fsp3) is 0.429. The van der Waals surface area contributed by atoms with Gasteiger partial charge in [0.05, 0.1) is 17.4 Å². The molecule has 1 aliphatic heterocycles. The molecule has 0 atom stereocenters. The zero-order chi connectivity index (χ0) is 16.3. The number of carbonyl (C=O) groups excluding carboxylic acids is 1. The molecule has 0 radical (unpaired) electrons. The SMILES string of the molecule is CS(=O)(=O)NC1CCN(C(=O)c2ccccc2C(=O)O)CC1. The summed E-state index contributed by atoms with van der Waals surface area (Å²) in [6, 6.07) is 5.90. The molecule has 7 nitrogen and oxygen atoms in total. The quantitative estimate of drug-likeness (QED) is 0.840. The van der Waals surface area contributed by atoms with Crippen LogP contribution < -0.4 is 4.72 Å². The highest BCUT2D eigenvalue weighted by atomic mass is 32.2. The molecule has 8 heteroatoms. The van der Waals surface area contributed by atoms with E-state index in [4.69, 9.17) is 5.11 Å². The standard InChI is InChI=1S/C14H18N2O5S/c1-22(20,21)15-10-6-8-16(9-7-10)13(17)11-4-2-3-5-12(11)14(18)19/h2-5,10,15H,6-9H2,1H3,(H,18,19). The average Bonchev–Trinajstić information content (AvgIpc) is 2.45. The second-order valence-electron chi connectivity index (χ2n) is 5.31. The van der Waals surface area contributed by atoms with E-state index in [0.29, 0.717) is 25.9 Å². The van der Waals surface area contributed by atoms with Gasteiger partial charge in [-0.1, -0.05) is 12.1 Å². The largest absolute Gasteiger partial charge is 0.478 e. The maximum Gasteiger partial charge on any atom is 0.336 e. The number of amides is 1. The van der Waals surface area contributed by atoms with Gasteiger partial charge in [0, 0.05) is 19.1 Å². The van der Waals surface area contributed by atoms with E-state index in [1.54, 1.807) is 17.0 Å². The third-order valence-corrected chi connectivity index (χ3v) is 4.31. The van der Waals surface area contributed by atoms with Crippen LogP contribution in [-0.2, 0) is 10.0 Å². The van der Waals surface area contributed by atoms with Crippen molar-refractivity contribution in [2.75, 3.05) is 19.3 Å². The molecule has 1 amide bonds. The van der Waals surface area contributed by atoms with Crippen molar-refractivity contribution < 1.29 is 23.1 Å². The summed E-state index contributed by atoms with van der Waals surface area (Å²) in [5.74, 6) is -1.48. The molecule has 1 aromatic carbocycles. The van der Waals surface area contributed by atoms with E-state index < -0.39 is 16.0 Å². The molecule has 1 fully saturated rings. The Morgan fingerprint density at radius 2 is 1.73 bits per heavy atom. The first-order valence-corrected chi connectivity index (χ1v) is 8.76. The van der Waals surface area contributed by atoms with Gasteiger partial charge in [-0.25, -0.2) is 17.9 Å². The van der Waals surface area contributed by atoms with Crippen LogP contribution in [0.3, 0.4) is 0 Å². The van der Waals surface area contributed by atoms with Crippen LogP contribution in [0.1, 0.15) is 33.6 Å². The number of aromatic carboxylic acids is 1. The third kappa shape index (κ3) is 4.05. The Kier molecular flexibility index (Phi) is 4.82. The summed E-state index contributed by atoms with van der Waals surface area (Å²) in [4.78, 5) is 25.2. The Morgan fingerprint density at radius 3 is 2.23 bits per heavy atom. The molecule has 0 saturated carbocycles. The number of hydrogen-bond donors (Lipinski definition) is 2. The lowest BCUT2D eigenvalue weighted by Crippen LogP contribution is -2.46. The number of rotatable bonds is 4. The number of carboxylic acid groups (broad SMARTS) is 1. The minimum atomic E-state index is -3.26. The number of sulfonamides is 1. The summed E-state index contributed by atoms with van der Waals surface area (Å²) >= 11 is 0. The highest BCUT2D eigenvalue weighted by Gasteiger charge is 2.27. The molecular weight excluding hydrogens is 308 g/mol. The minimum Gasteiger partial charge on any atom is -0.478 e. The van der Waals surface area contributed by atoms with Crippen LogP contribution in [0, 0.1) is 0 Å². The van der Waals surface area contributed by atoms with Crippen LogP contribution in [0.25, 0.3) is 0 Å². The number of benzene rings is 1. The average molecular weight is 326 g/mol. The zero-order valence-electron chi connectivity index (χ0n) is 12.2. The monoisotopic (exact) mass is 326 g/mol. The van der Waals surface area contributed by atoms with Crippen molar-refractivity contribution >= 4 is 21.9 Å². The lowest BCUT2D eigenvalue weighted by Gasteiger charge is -2.32. The highest BCUT2D eigenvalue weighted by molar-refractivity contribution is 7.88. The summed E-state index contributed by atoms with van der Waals surface area (Å²) < 4.78 is 24.9. The fourth-order valence-corrected chi connectivity index (χ4v) is 3.37. The van der Waals surface area contributed by atoms with E-state index in [2.05, 4.69) is 4.72 Å². The van der Waals surface area contributed by atoms with E-state index in [0.717, 1.165) is 6.26 Å². The molecule has 2 N–H and O–H groups in total. The molecule has 120 valence electrons. The van der Waals surface area contributed by atoms with E-state index in [9.17, 15) is 18.0 Å². The lowest BCUT2D eigenvalue weighted by atomic mass is 10.0. The second-order valence-corrected chi connectivity index (χ2v) is 7.09. The summed E-state index contributed by atoms with van der Waals surface area (Å²) in [7, 11) is -3.26. The topological polar surface area (TPSA) is 104 Å². The predicted molar refractivity (Wildman–Crippen MR) is 80.3 cm³/mol. The molecule has 1 aliphatic rings. The number of nitrogens with one attached hydrogen (secondary N) is 1. The van der Waals surface area contributed by atoms with Gasteiger partial charge in [0.2, 0.25) is 10.0 Å². The first-order chi connectivity index (χ1) is 10.3. The number of carbonyl (C=O) groups is 2. The van der Waals surface area contributed by atoms with Crippen LogP contribution in [0.15, 0.2) is 24.3 Å². The summed E-state index contributed by atoms with van der Waals surface area (Å²) in [6.07, 6.45) is 2.12. The molecule has 1 saturated heterocycles. The van der Waals surface area contributed by atoms with Gasteiger partial charge in [0.15, 0.2) is 0 Å². The Morgan fingerprint density at radius 1 is 1.18 bits per heavy atom. The van der Waals surface area contributed by atoms with Crippen molar-refractivity contribution in [3.8, 4) is 0 Å². The van der Waals surface area contributed by atoms with Crippen molar-refractivity contribution in [1.29, 1.82) is 0 Å². The molecule has 0 aromatic heterocycles. The van der Waals surface area contributed by atoms with Crippen LogP contribution in [0.5, 0.6) is 0 Å². The molecule has 0 bridgehead atoms. The predicted octanol–water partition coefficient (Wildman–Crippen LogP) is 0.539. The van der Waals surface area contributed by atoms with Gasteiger partial charge in [-0.05, 0) is 25.0 Å². The molecule has 1 aromatic rings. The van der Waals surface area contributed by atoms with Crippen LogP contribution >= 0.6 is 0 Å². The Bertz CT molecular complexity index is 678. The van der Waals surface area contributed by atoms with Gasteiger partial charge >= 0.3 is 5.97 Å². The van der Waals surface area contributed by atoms with E-state index >= 15 is 0 Å². The Balaban J connectivity index is 2.06. The molecule has 0 unspecified atom stereocenters. The number of hydrogen-bond acceptors (Lipinski definition) is 4. The maximum absolute atomic E-state index is 12.4. The van der Waals surface area contributed by atoms with E-state index in [1.807, 2.05) is 0 Å². The maximum atomic E-state index is 12.4. The van der Waals surface area contributed by atoms with Gasteiger partial charge in [-0.3, -0.25) is 4.79 Å². The zero-order valence-corrected chi connectivity index (χ0v) is 13.0. The number of carboxylic acids is 1. The number of likely N-dealkylation sites (tertiary alicyclic amines) is 1. The first-order valence-electron chi connectivity index (χ1n) is 6.87. The highest BCUT2D eigenvalue weighted by Crippen LogP contribution is 2.17. The molecule has 2 rings (SSSR count). The van der Waals surface area contributed by atoms with Gasteiger partial charge < -0.3 is 10.0 Å². The summed E-state index contributed by atoms with van der Waals surface area (Å²) in [6.45, 7) is 0.778. The fourth-order valence-electron chi connectivity index (χ4n) is 2.53. The van der Waals surface area contributed by atoms with Crippen molar-refractivity contribution in [2.24, 2.45) is 0 Å². The number of piperidine rings is 1. The van der Waals surface area contributed by atoms with Crippen molar-refractivity contribution in [2.45, 2.75) is 18.9 Å². The molecular formula is C14H18N2O5S. The first kappa shape index (κ1) is 16.4. The summed E-state index contributed by atoms with van der Waals surface area (Å²) in [5.41, 5.74) is 0.133. The van der Waals surface area contributed by atoms with Gasteiger partial charge in [0.25, 0.3) is 5.91 Å². The molecule has 0 spiro atoms.